The van der Waals surface area contributed by atoms with E-state index in [1.807, 2.05) is 25.7 Å². The van der Waals surface area contributed by atoms with Crippen molar-refractivity contribution in [3.63, 3.8) is 0 Å². The number of fused-ring (bicyclic) bond motifs is 1. The fraction of sp³-hybridized carbons (Fsp3) is 0.310. The minimum Gasteiger partial charge on any atom is -0.507 e. The van der Waals surface area contributed by atoms with Crippen LogP contribution < -0.4 is 15.8 Å². The molecule has 8 nitrogen and oxygen atoms in total. The second-order valence-corrected chi connectivity index (χ2v) is 10.6. The summed E-state index contributed by atoms with van der Waals surface area (Å²) >= 11 is 5.97. The van der Waals surface area contributed by atoms with E-state index in [4.69, 9.17) is 11.6 Å². The van der Waals surface area contributed by atoms with Gasteiger partial charge >= 0.3 is 0 Å². The predicted molar refractivity (Wildman–Crippen MR) is 150 cm³/mol. The number of pyridine rings is 3. The fourth-order valence-electron chi connectivity index (χ4n) is 5.27. The van der Waals surface area contributed by atoms with Gasteiger partial charge in [0.05, 0.1) is 27.7 Å². The molecule has 0 unspecified atom stereocenters. The third-order valence-electron chi connectivity index (χ3n) is 7.21. The molecule has 1 fully saturated rings. The maximum absolute atomic E-state index is 15.9. The van der Waals surface area contributed by atoms with Crippen LogP contribution in [-0.4, -0.2) is 45.3 Å². The second kappa shape index (κ2) is 10.5. The number of hydrogen-bond acceptors (Lipinski definition) is 7. The first kappa shape index (κ1) is 27.5. The van der Waals surface area contributed by atoms with E-state index in [0.29, 0.717) is 36.6 Å². The topological polar surface area (TPSA) is 107 Å². The van der Waals surface area contributed by atoms with Crippen molar-refractivity contribution < 1.29 is 13.9 Å². The first-order valence-corrected chi connectivity index (χ1v) is 13.2. The Morgan fingerprint density at radius 3 is 2.67 bits per heavy atom. The highest BCUT2D eigenvalue weighted by atomic mass is 35.5. The summed E-state index contributed by atoms with van der Waals surface area (Å²) < 4.78 is 32.3. The Morgan fingerprint density at radius 2 is 2.00 bits per heavy atom. The van der Waals surface area contributed by atoms with Gasteiger partial charge in [-0.15, -0.1) is 0 Å². The number of piperazine rings is 1. The number of hydrogen-bond donors (Lipinski definition) is 2. The number of nitrogens with one attached hydrogen (secondary N) is 1. The number of nitrogens with zero attached hydrogens (tertiary/aromatic N) is 5. The molecule has 0 bridgehead atoms. The maximum atomic E-state index is 15.9. The molecule has 2 N–H and O–H groups in total. The van der Waals surface area contributed by atoms with Gasteiger partial charge in [-0.05, 0) is 49.6 Å². The molecule has 1 aliphatic heterocycles. The van der Waals surface area contributed by atoms with E-state index in [9.17, 15) is 15.2 Å². The Bertz CT molecular complexity index is 1770. The monoisotopic (exact) mass is 564 g/mol. The number of nitriles is 1. The third-order valence-corrected chi connectivity index (χ3v) is 7.50. The summed E-state index contributed by atoms with van der Waals surface area (Å²) in [5.41, 5.74) is 0.0456. The quantitative estimate of drug-likeness (QED) is 0.351. The third kappa shape index (κ3) is 4.35. The zero-order chi connectivity index (χ0) is 28.9. The molecular formula is C29H27ClF2N6O2. The molecule has 3 aromatic heterocycles. The van der Waals surface area contributed by atoms with E-state index in [2.05, 4.69) is 21.4 Å². The van der Waals surface area contributed by atoms with Gasteiger partial charge in [-0.1, -0.05) is 25.4 Å². The summed E-state index contributed by atoms with van der Waals surface area (Å²) in [5.74, 6) is -2.68. The molecule has 4 aromatic rings. The number of anilines is 1. The average molecular weight is 565 g/mol. The molecular weight excluding hydrogens is 538 g/mol. The molecule has 0 saturated carbocycles. The van der Waals surface area contributed by atoms with Crippen LogP contribution in [0.5, 0.6) is 5.75 Å². The number of benzene rings is 1. The smallest absolute Gasteiger partial charge is 0.276 e. The lowest BCUT2D eigenvalue weighted by atomic mass is 10.0. The highest BCUT2D eigenvalue weighted by Crippen LogP contribution is 2.39. The largest absolute Gasteiger partial charge is 0.507 e. The number of phenolic OH excluding ortho intramolecular Hbond substituents is 1. The van der Waals surface area contributed by atoms with E-state index in [-0.39, 0.29) is 39.3 Å². The second-order valence-electron chi connectivity index (χ2n) is 10.2. The van der Waals surface area contributed by atoms with E-state index in [1.165, 1.54) is 4.57 Å². The van der Waals surface area contributed by atoms with Crippen LogP contribution in [0.3, 0.4) is 0 Å². The van der Waals surface area contributed by atoms with Crippen molar-refractivity contribution in [1.82, 2.24) is 19.9 Å². The summed E-state index contributed by atoms with van der Waals surface area (Å²) in [6.07, 6.45) is 1.63. The van der Waals surface area contributed by atoms with Crippen molar-refractivity contribution in [2.75, 3.05) is 24.5 Å². The minimum absolute atomic E-state index is 0.00194. The van der Waals surface area contributed by atoms with Crippen LogP contribution >= 0.6 is 11.6 Å². The molecule has 0 spiro atoms. The van der Waals surface area contributed by atoms with E-state index in [1.54, 1.807) is 19.2 Å². The Labute approximate surface area is 234 Å². The number of rotatable bonds is 4. The number of aryl methyl sites for hydroxylation is 1. The van der Waals surface area contributed by atoms with Gasteiger partial charge < -0.3 is 15.3 Å². The van der Waals surface area contributed by atoms with Crippen LogP contribution in [0, 0.1) is 29.9 Å². The normalized spacial score (nSPS) is 15.6. The average Bonchev–Trinajstić information content (AvgIpc) is 2.92. The Kier molecular flexibility index (Phi) is 7.21. The molecule has 1 aliphatic rings. The summed E-state index contributed by atoms with van der Waals surface area (Å²) in [4.78, 5) is 25.1. The SMILES string of the molecule is Cc1ccnc(C(C)C)c1-n1c(=O)c(C#N)c(N2CCNC[C@@H]2C)c2cc(F)c(-c3c(O)ccc(Cl)c3F)nc21. The van der Waals surface area contributed by atoms with Crippen molar-refractivity contribution in [3.8, 4) is 28.8 Å². The minimum atomic E-state index is -1.05. The van der Waals surface area contributed by atoms with Crippen LogP contribution in [0.4, 0.5) is 14.5 Å². The van der Waals surface area contributed by atoms with Gasteiger partial charge in [-0.25, -0.2) is 13.8 Å². The molecule has 1 saturated heterocycles. The van der Waals surface area contributed by atoms with E-state index in [0.717, 1.165) is 18.2 Å². The Morgan fingerprint density at radius 1 is 1.25 bits per heavy atom. The van der Waals surface area contributed by atoms with Gasteiger partial charge in [-0.2, -0.15) is 5.26 Å². The molecule has 0 amide bonds. The standard InChI is InChI=1S/C29H27ClF2N6O2/c1-14(2)24-26(15(3)7-8-35-24)38-28-17(27(18(12-33)29(38)40)37-10-9-34-13-16(37)4)11-20(31)25(36-28)22-21(39)6-5-19(30)23(22)32/h5-8,11,14,16,34,39H,9-10,13H2,1-4H3/t16-/m0/s1. The highest BCUT2D eigenvalue weighted by molar-refractivity contribution is 6.31. The van der Waals surface area contributed by atoms with Crippen LogP contribution in [0.15, 0.2) is 35.3 Å². The highest BCUT2D eigenvalue weighted by Gasteiger charge is 2.31. The van der Waals surface area contributed by atoms with Gasteiger partial charge in [0, 0.05) is 37.3 Å². The number of aromatic nitrogens is 3. The lowest BCUT2D eigenvalue weighted by Gasteiger charge is -2.37. The summed E-state index contributed by atoms with van der Waals surface area (Å²) in [7, 11) is 0. The summed E-state index contributed by atoms with van der Waals surface area (Å²) in [6, 6.07) is 7.10. The van der Waals surface area contributed by atoms with E-state index < -0.39 is 34.2 Å². The van der Waals surface area contributed by atoms with Crippen LogP contribution in [0.2, 0.25) is 5.02 Å². The molecule has 1 atom stereocenters. The summed E-state index contributed by atoms with van der Waals surface area (Å²) in [6.45, 7) is 9.21. The number of halogens is 3. The van der Waals surface area contributed by atoms with Gasteiger partial charge in [0.15, 0.2) is 17.3 Å². The maximum Gasteiger partial charge on any atom is 0.276 e. The lowest BCUT2D eigenvalue weighted by molar-refractivity contribution is 0.471. The molecule has 11 heteroatoms. The first-order valence-electron chi connectivity index (χ1n) is 12.9. The molecule has 0 radical (unpaired) electrons. The van der Waals surface area contributed by atoms with Crippen molar-refractivity contribution in [2.45, 2.75) is 39.7 Å². The van der Waals surface area contributed by atoms with Gasteiger partial charge in [0.1, 0.15) is 23.1 Å². The van der Waals surface area contributed by atoms with Crippen molar-refractivity contribution in [2.24, 2.45) is 0 Å². The summed E-state index contributed by atoms with van der Waals surface area (Å²) in [5, 5.41) is 23.9. The molecule has 40 heavy (non-hydrogen) atoms. The predicted octanol–water partition coefficient (Wildman–Crippen LogP) is 5.19. The van der Waals surface area contributed by atoms with Gasteiger partial charge in [-0.3, -0.25) is 14.3 Å². The fourth-order valence-corrected chi connectivity index (χ4v) is 5.43. The number of phenols is 1. The molecule has 4 heterocycles. The van der Waals surface area contributed by atoms with E-state index >= 15 is 8.78 Å². The zero-order valence-corrected chi connectivity index (χ0v) is 23.1. The first-order chi connectivity index (χ1) is 19.1. The van der Waals surface area contributed by atoms with Crippen LogP contribution in [0.1, 0.15) is 43.5 Å². The molecule has 5 rings (SSSR count). The lowest BCUT2D eigenvalue weighted by Crippen LogP contribution is -2.50. The van der Waals surface area contributed by atoms with Crippen molar-refractivity contribution in [1.29, 1.82) is 5.26 Å². The number of aromatic hydroxyl groups is 1. The van der Waals surface area contributed by atoms with Gasteiger partial charge in [0.2, 0.25) is 0 Å². The van der Waals surface area contributed by atoms with Crippen LogP contribution in [-0.2, 0) is 0 Å². The van der Waals surface area contributed by atoms with Crippen LogP contribution in [0.25, 0.3) is 28.0 Å². The molecule has 206 valence electrons. The molecule has 1 aromatic carbocycles. The Hall–Kier alpha value is -4.07. The molecule has 0 aliphatic carbocycles. The van der Waals surface area contributed by atoms with Gasteiger partial charge in [0.25, 0.3) is 5.56 Å². The Balaban J connectivity index is 2.01. The van der Waals surface area contributed by atoms with Crippen molar-refractivity contribution in [3.05, 3.63) is 74.3 Å². The van der Waals surface area contributed by atoms with Crippen molar-refractivity contribution >= 4 is 28.3 Å². The zero-order valence-electron chi connectivity index (χ0n) is 22.4.